The standard InChI is InChI=1S/C53H86O5/c1-4-7-10-13-16-18-20-22-24-26-27-28-29-31-33-35-38-40-43-46-52(54)57-50-51(58-53(55)47-44-41-37-15-12-9-6-3)49-56-48-45-42-39-36-34-32-30-25-23-21-19-17-14-11-8-5-2/h7-8,10-11,16-19,22-25,27-28,31-34,51H,4-6,9,12-15,20-21,26,29-30,35-50H2,1-3H3/b10-7-,11-8-,18-16-,19-17-,24-22-,25-23-,28-27-,33-31-,34-32-. The molecule has 0 bridgehead atoms. The summed E-state index contributed by atoms with van der Waals surface area (Å²) in [5.74, 6) is -0.468. The average molecular weight is 803 g/mol. The van der Waals surface area contributed by atoms with Crippen LogP contribution in [0.25, 0.3) is 0 Å². The predicted octanol–water partition coefficient (Wildman–Crippen LogP) is 15.7. The van der Waals surface area contributed by atoms with Crippen molar-refractivity contribution in [1.82, 2.24) is 0 Å². The maximum Gasteiger partial charge on any atom is 0.306 e. The summed E-state index contributed by atoms with van der Waals surface area (Å²) in [5.41, 5.74) is 0. The first-order valence-electron chi connectivity index (χ1n) is 23.4. The summed E-state index contributed by atoms with van der Waals surface area (Å²) in [5, 5.41) is 0. The van der Waals surface area contributed by atoms with E-state index in [1.165, 1.54) is 25.7 Å². The van der Waals surface area contributed by atoms with Gasteiger partial charge >= 0.3 is 11.9 Å². The molecule has 0 aromatic heterocycles. The van der Waals surface area contributed by atoms with Gasteiger partial charge in [-0.3, -0.25) is 9.59 Å². The van der Waals surface area contributed by atoms with Crippen molar-refractivity contribution in [3.63, 3.8) is 0 Å². The van der Waals surface area contributed by atoms with E-state index in [4.69, 9.17) is 14.2 Å². The van der Waals surface area contributed by atoms with Crippen LogP contribution in [0, 0.1) is 0 Å². The van der Waals surface area contributed by atoms with Crippen molar-refractivity contribution in [3.8, 4) is 0 Å². The summed E-state index contributed by atoms with van der Waals surface area (Å²) in [6.07, 6.45) is 65.3. The average Bonchev–Trinajstić information content (AvgIpc) is 3.22. The Labute approximate surface area is 357 Å². The van der Waals surface area contributed by atoms with Gasteiger partial charge < -0.3 is 14.2 Å². The lowest BCUT2D eigenvalue weighted by Crippen LogP contribution is -2.30. The van der Waals surface area contributed by atoms with E-state index in [9.17, 15) is 9.59 Å². The molecule has 0 spiro atoms. The molecule has 0 radical (unpaired) electrons. The first-order chi connectivity index (χ1) is 28.6. The van der Waals surface area contributed by atoms with Gasteiger partial charge in [0.2, 0.25) is 0 Å². The number of carbonyl (C=O) groups is 2. The van der Waals surface area contributed by atoms with Gasteiger partial charge in [-0.25, -0.2) is 0 Å². The van der Waals surface area contributed by atoms with Crippen molar-refractivity contribution in [2.75, 3.05) is 19.8 Å². The van der Waals surface area contributed by atoms with E-state index in [-0.39, 0.29) is 25.2 Å². The molecule has 0 aliphatic rings. The van der Waals surface area contributed by atoms with Crippen LogP contribution in [-0.2, 0) is 23.8 Å². The van der Waals surface area contributed by atoms with Gasteiger partial charge in [-0.2, -0.15) is 0 Å². The van der Waals surface area contributed by atoms with E-state index < -0.39 is 6.10 Å². The molecule has 0 aromatic carbocycles. The first kappa shape index (κ1) is 54.6. The summed E-state index contributed by atoms with van der Waals surface area (Å²) < 4.78 is 17.2. The summed E-state index contributed by atoms with van der Waals surface area (Å²) >= 11 is 0. The molecule has 1 atom stereocenters. The second kappa shape index (κ2) is 47.9. The van der Waals surface area contributed by atoms with Crippen molar-refractivity contribution >= 4 is 11.9 Å². The van der Waals surface area contributed by atoms with E-state index in [1.807, 2.05) is 0 Å². The van der Waals surface area contributed by atoms with Crippen LogP contribution in [0.4, 0.5) is 0 Å². The van der Waals surface area contributed by atoms with Gasteiger partial charge in [-0.15, -0.1) is 0 Å². The lowest BCUT2D eigenvalue weighted by molar-refractivity contribution is -0.163. The highest BCUT2D eigenvalue weighted by Gasteiger charge is 2.17. The van der Waals surface area contributed by atoms with Gasteiger partial charge in [-0.1, -0.05) is 182 Å². The van der Waals surface area contributed by atoms with Crippen LogP contribution < -0.4 is 0 Å². The number of hydrogen-bond donors (Lipinski definition) is 0. The van der Waals surface area contributed by atoms with Gasteiger partial charge in [0.05, 0.1) is 6.61 Å². The van der Waals surface area contributed by atoms with Gasteiger partial charge in [-0.05, 0) is 103 Å². The minimum atomic E-state index is -0.569. The first-order valence-corrected chi connectivity index (χ1v) is 23.4. The predicted molar refractivity (Wildman–Crippen MR) is 251 cm³/mol. The van der Waals surface area contributed by atoms with Gasteiger partial charge in [0.25, 0.3) is 0 Å². The summed E-state index contributed by atoms with van der Waals surface area (Å²) in [4.78, 5) is 25.2. The molecule has 0 fully saturated rings. The molecule has 0 saturated heterocycles. The molecule has 1 unspecified atom stereocenters. The van der Waals surface area contributed by atoms with Crippen LogP contribution in [0.1, 0.15) is 188 Å². The van der Waals surface area contributed by atoms with Crippen molar-refractivity contribution in [1.29, 1.82) is 0 Å². The van der Waals surface area contributed by atoms with Gasteiger partial charge in [0, 0.05) is 19.4 Å². The Morgan fingerprint density at radius 1 is 0.397 bits per heavy atom. The highest BCUT2D eigenvalue weighted by molar-refractivity contribution is 5.70. The number of carbonyl (C=O) groups excluding carboxylic acids is 2. The maximum atomic E-state index is 12.6. The lowest BCUT2D eigenvalue weighted by atomic mass is 10.1. The maximum absolute atomic E-state index is 12.6. The minimum Gasteiger partial charge on any atom is -0.462 e. The smallest absolute Gasteiger partial charge is 0.306 e. The molecule has 0 aliphatic carbocycles. The molecule has 0 aromatic rings. The number of unbranched alkanes of at least 4 members (excludes halogenated alkanes) is 12. The fraction of sp³-hybridized carbons (Fsp3) is 0.623. The molecule has 328 valence electrons. The molecular weight excluding hydrogens is 717 g/mol. The summed E-state index contributed by atoms with van der Waals surface area (Å²) in [7, 11) is 0. The third-order valence-electron chi connectivity index (χ3n) is 9.30. The highest BCUT2D eigenvalue weighted by atomic mass is 16.6. The van der Waals surface area contributed by atoms with Crippen LogP contribution in [0.3, 0.4) is 0 Å². The van der Waals surface area contributed by atoms with E-state index in [0.717, 1.165) is 128 Å². The second-order valence-corrected chi connectivity index (χ2v) is 14.9. The normalized spacial score (nSPS) is 13.2. The van der Waals surface area contributed by atoms with Gasteiger partial charge in [0.1, 0.15) is 6.61 Å². The van der Waals surface area contributed by atoms with Crippen LogP contribution in [0.15, 0.2) is 109 Å². The number of allylic oxidation sites excluding steroid dienone is 18. The molecule has 0 N–H and O–H groups in total. The monoisotopic (exact) mass is 803 g/mol. The molecular formula is C53H86O5. The molecule has 0 aliphatic heterocycles. The zero-order chi connectivity index (χ0) is 42.1. The summed E-state index contributed by atoms with van der Waals surface area (Å²) in [6, 6.07) is 0. The molecule has 5 nitrogen and oxygen atoms in total. The number of hydrogen-bond acceptors (Lipinski definition) is 5. The van der Waals surface area contributed by atoms with E-state index in [1.54, 1.807) is 0 Å². The molecule has 0 amide bonds. The van der Waals surface area contributed by atoms with Crippen LogP contribution in [0.5, 0.6) is 0 Å². The van der Waals surface area contributed by atoms with Crippen molar-refractivity contribution in [2.24, 2.45) is 0 Å². The molecule has 0 rings (SSSR count). The fourth-order valence-electron chi connectivity index (χ4n) is 5.88. The van der Waals surface area contributed by atoms with Crippen LogP contribution >= 0.6 is 0 Å². The van der Waals surface area contributed by atoms with E-state index in [2.05, 4.69) is 130 Å². The Morgan fingerprint density at radius 3 is 1.24 bits per heavy atom. The van der Waals surface area contributed by atoms with E-state index in [0.29, 0.717) is 19.4 Å². The molecule has 0 saturated carbocycles. The fourth-order valence-corrected chi connectivity index (χ4v) is 5.88. The Hall–Kier alpha value is -3.44. The SMILES string of the molecule is CC/C=C\C/C=C\C/C=C\C/C=C\C/C=C\CCCCCC(=O)OCC(COCCCCC/C=C\C/C=C\C/C=C\C/C=C\CC)OC(=O)CCCCCCCCC. The number of esters is 2. The van der Waals surface area contributed by atoms with Crippen molar-refractivity contribution in [3.05, 3.63) is 109 Å². The second-order valence-electron chi connectivity index (χ2n) is 14.9. The molecule has 0 heterocycles. The third kappa shape index (κ3) is 45.3. The van der Waals surface area contributed by atoms with E-state index >= 15 is 0 Å². The van der Waals surface area contributed by atoms with Gasteiger partial charge in [0.15, 0.2) is 6.10 Å². The minimum absolute atomic E-state index is 0.0491. The van der Waals surface area contributed by atoms with Crippen molar-refractivity contribution < 1.29 is 23.8 Å². The Kier molecular flexibility index (Phi) is 45.1. The Bertz CT molecular complexity index is 1180. The largest absolute Gasteiger partial charge is 0.462 e. The van der Waals surface area contributed by atoms with Crippen molar-refractivity contribution in [2.45, 2.75) is 194 Å². The lowest BCUT2D eigenvalue weighted by Gasteiger charge is -2.18. The number of rotatable bonds is 41. The summed E-state index contributed by atoms with van der Waals surface area (Å²) in [6.45, 7) is 7.43. The Balaban J connectivity index is 4.29. The topological polar surface area (TPSA) is 61.8 Å². The third-order valence-corrected chi connectivity index (χ3v) is 9.30. The zero-order valence-corrected chi connectivity index (χ0v) is 37.5. The van der Waals surface area contributed by atoms with Crippen LogP contribution in [0.2, 0.25) is 0 Å². The Morgan fingerprint density at radius 2 is 0.776 bits per heavy atom. The quantitative estimate of drug-likeness (QED) is 0.0350. The molecule has 58 heavy (non-hydrogen) atoms. The van der Waals surface area contributed by atoms with Crippen LogP contribution in [-0.4, -0.2) is 37.9 Å². The molecule has 5 heteroatoms. The number of ether oxygens (including phenoxy) is 3. The highest BCUT2D eigenvalue weighted by Crippen LogP contribution is 2.11. The zero-order valence-electron chi connectivity index (χ0n) is 37.5.